The molecule has 1 aromatic rings. The molecule has 5 nitrogen and oxygen atoms in total. The van der Waals surface area contributed by atoms with Gasteiger partial charge in [-0.25, -0.2) is 0 Å². The van der Waals surface area contributed by atoms with Crippen molar-refractivity contribution in [1.82, 2.24) is 0 Å². The maximum atomic E-state index is 12.5. The topological polar surface area (TPSA) is 98.4 Å². The summed E-state index contributed by atoms with van der Waals surface area (Å²) < 4.78 is 0. The van der Waals surface area contributed by atoms with Crippen LogP contribution in [0.25, 0.3) is 0 Å². The van der Waals surface area contributed by atoms with Crippen molar-refractivity contribution in [3.63, 3.8) is 0 Å². The van der Waals surface area contributed by atoms with E-state index in [0.717, 1.165) is 19.3 Å². The quantitative estimate of drug-likeness (QED) is 0.336. The van der Waals surface area contributed by atoms with Gasteiger partial charge in [0.25, 0.3) is 0 Å². The maximum Gasteiger partial charge on any atom is 0.227 e. The number of carbonyl (C=O) groups is 2. The second kappa shape index (κ2) is 12.0. The molecule has 2 N–H and O–H groups in total. The summed E-state index contributed by atoms with van der Waals surface area (Å²) >= 11 is 0. The molecule has 2 rings (SSSR count). The van der Waals surface area contributed by atoms with Crippen LogP contribution in [-0.4, -0.2) is 21.8 Å². The number of carbonyl (C=O) groups excluding carboxylic acids is 2. The monoisotopic (exact) mass is 409 g/mol. The molecule has 0 atom stereocenters. The Morgan fingerprint density at radius 3 is 1.83 bits per heavy atom. The summed E-state index contributed by atoms with van der Waals surface area (Å²) in [4.78, 5) is 25.1. The van der Waals surface area contributed by atoms with Crippen LogP contribution in [0.4, 0.5) is 0 Å². The maximum absolute atomic E-state index is 12.5. The smallest absolute Gasteiger partial charge is 0.227 e. The van der Waals surface area contributed by atoms with E-state index < -0.39 is 23.1 Å². The summed E-state index contributed by atoms with van der Waals surface area (Å²) in [6, 6.07) is 8.54. The van der Waals surface area contributed by atoms with Gasteiger partial charge in [-0.1, -0.05) is 70.4 Å². The van der Waals surface area contributed by atoms with Gasteiger partial charge in [0, 0.05) is 12.0 Å². The number of nitrogens with zero attached hydrogens (tertiary/aromatic N) is 1. The van der Waals surface area contributed by atoms with Crippen molar-refractivity contribution in [2.75, 3.05) is 0 Å². The third-order valence-corrected chi connectivity index (χ3v) is 5.54. The molecule has 0 heterocycles. The highest BCUT2D eigenvalue weighted by atomic mass is 16.3. The van der Waals surface area contributed by atoms with Gasteiger partial charge < -0.3 is 10.2 Å². The molecule has 0 aromatic heterocycles. The molecule has 0 saturated heterocycles. The zero-order valence-electron chi connectivity index (χ0n) is 17.7. The van der Waals surface area contributed by atoms with E-state index in [1.165, 1.54) is 32.1 Å². The lowest BCUT2D eigenvalue weighted by atomic mass is 9.87. The third kappa shape index (κ3) is 6.32. The predicted octanol–water partition coefficient (Wildman–Crippen LogP) is 5.80. The Morgan fingerprint density at radius 2 is 1.27 bits per heavy atom. The zero-order chi connectivity index (χ0) is 21.9. The largest absolute Gasteiger partial charge is 0.504 e. The fourth-order valence-electron chi connectivity index (χ4n) is 3.68. The van der Waals surface area contributed by atoms with Crippen LogP contribution in [0.3, 0.4) is 0 Å². The SMILES string of the molecule is CCCCCCCCCCCC1=C(O)C(=O)C(Cc2ccc(C#N)cc2)=C(O)C1=O. The van der Waals surface area contributed by atoms with Crippen molar-refractivity contribution in [3.05, 3.63) is 58.1 Å². The van der Waals surface area contributed by atoms with E-state index in [1.54, 1.807) is 24.3 Å². The van der Waals surface area contributed by atoms with E-state index in [9.17, 15) is 19.8 Å². The Kier molecular flexibility index (Phi) is 9.34. The molecule has 0 spiro atoms. The molecule has 1 aromatic carbocycles. The number of Topliss-reactive ketones (excluding diaryl/α,β-unsaturated/α-hetero) is 2. The van der Waals surface area contributed by atoms with Crippen LogP contribution < -0.4 is 0 Å². The van der Waals surface area contributed by atoms with Gasteiger partial charge >= 0.3 is 0 Å². The van der Waals surface area contributed by atoms with E-state index in [4.69, 9.17) is 5.26 Å². The molecule has 160 valence electrons. The number of rotatable bonds is 12. The zero-order valence-corrected chi connectivity index (χ0v) is 17.7. The number of ketones is 2. The average molecular weight is 410 g/mol. The normalized spacial score (nSPS) is 14.4. The predicted molar refractivity (Wildman–Crippen MR) is 116 cm³/mol. The number of aliphatic hydroxyl groups excluding tert-OH is 2. The minimum atomic E-state index is -0.692. The van der Waals surface area contributed by atoms with E-state index in [0.29, 0.717) is 24.0 Å². The third-order valence-electron chi connectivity index (χ3n) is 5.54. The summed E-state index contributed by atoms with van der Waals surface area (Å²) in [5.74, 6) is -2.47. The first-order chi connectivity index (χ1) is 14.5. The van der Waals surface area contributed by atoms with Crippen molar-refractivity contribution < 1.29 is 19.8 Å². The molecule has 0 amide bonds. The number of nitriles is 1. The van der Waals surface area contributed by atoms with Crippen LogP contribution >= 0.6 is 0 Å². The fraction of sp³-hybridized carbons (Fsp3) is 0.480. The van der Waals surface area contributed by atoms with Gasteiger partial charge in [0.2, 0.25) is 11.6 Å². The van der Waals surface area contributed by atoms with Crippen LogP contribution in [0.15, 0.2) is 46.9 Å². The Balaban J connectivity index is 1.88. The number of allylic oxidation sites excluding steroid dienone is 2. The Labute approximate surface area is 178 Å². The fourth-order valence-corrected chi connectivity index (χ4v) is 3.68. The Hall–Kier alpha value is -2.87. The van der Waals surface area contributed by atoms with Crippen molar-refractivity contribution in [2.45, 2.75) is 77.6 Å². The molecule has 0 saturated carbocycles. The second-order valence-electron chi connectivity index (χ2n) is 7.88. The van der Waals surface area contributed by atoms with E-state index >= 15 is 0 Å². The van der Waals surface area contributed by atoms with Gasteiger partial charge in [0.05, 0.1) is 17.2 Å². The first kappa shape index (κ1) is 23.4. The van der Waals surface area contributed by atoms with Gasteiger partial charge in [-0.05, 0) is 30.5 Å². The molecule has 1 aliphatic carbocycles. The van der Waals surface area contributed by atoms with Crippen LogP contribution in [-0.2, 0) is 16.0 Å². The first-order valence-corrected chi connectivity index (χ1v) is 10.9. The van der Waals surface area contributed by atoms with Crippen molar-refractivity contribution in [2.24, 2.45) is 0 Å². The number of aliphatic hydroxyl groups is 2. The molecule has 0 unspecified atom stereocenters. The molecule has 0 bridgehead atoms. The van der Waals surface area contributed by atoms with Crippen molar-refractivity contribution >= 4 is 11.6 Å². The molecular weight excluding hydrogens is 378 g/mol. The van der Waals surface area contributed by atoms with Crippen LogP contribution in [0.2, 0.25) is 0 Å². The first-order valence-electron chi connectivity index (χ1n) is 10.9. The highest BCUT2D eigenvalue weighted by Gasteiger charge is 2.34. The molecule has 30 heavy (non-hydrogen) atoms. The number of benzene rings is 1. The van der Waals surface area contributed by atoms with Gasteiger partial charge in [0.1, 0.15) is 0 Å². The van der Waals surface area contributed by atoms with Crippen molar-refractivity contribution in [3.8, 4) is 6.07 Å². The van der Waals surface area contributed by atoms with Gasteiger partial charge in [-0.15, -0.1) is 0 Å². The van der Waals surface area contributed by atoms with Gasteiger partial charge in [-0.2, -0.15) is 5.26 Å². The summed E-state index contributed by atoms with van der Waals surface area (Å²) in [6.45, 7) is 2.20. The summed E-state index contributed by atoms with van der Waals surface area (Å²) in [5, 5.41) is 29.5. The lowest BCUT2D eigenvalue weighted by Crippen LogP contribution is -2.25. The minimum Gasteiger partial charge on any atom is -0.504 e. The van der Waals surface area contributed by atoms with E-state index in [2.05, 4.69) is 6.92 Å². The summed E-state index contributed by atoms with van der Waals surface area (Å²) in [5.41, 5.74) is 1.07. The van der Waals surface area contributed by atoms with Crippen LogP contribution in [0, 0.1) is 11.3 Å². The second-order valence-corrected chi connectivity index (χ2v) is 7.88. The van der Waals surface area contributed by atoms with Crippen LogP contribution in [0.5, 0.6) is 0 Å². The molecule has 5 heteroatoms. The van der Waals surface area contributed by atoms with Crippen molar-refractivity contribution in [1.29, 1.82) is 5.26 Å². The summed E-state index contributed by atoms with van der Waals surface area (Å²) in [6.07, 6.45) is 10.4. The Morgan fingerprint density at radius 1 is 0.767 bits per heavy atom. The highest BCUT2D eigenvalue weighted by molar-refractivity contribution is 6.23. The molecule has 0 radical (unpaired) electrons. The standard InChI is InChI=1S/C25H31NO4/c1-2-3-4-5-6-7-8-9-10-11-20-22(27)24(29)21(25(30)23(20)28)16-18-12-14-19(17-26)15-13-18/h12-15,27,30H,2-11,16H2,1H3. The molecule has 1 aliphatic rings. The van der Waals surface area contributed by atoms with E-state index in [-0.39, 0.29) is 17.6 Å². The lowest BCUT2D eigenvalue weighted by molar-refractivity contribution is -0.120. The highest BCUT2D eigenvalue weighted by Crippen LogP contribution is 2.28. The van der Waals surface area contributed by atoms with Gasteiger partial charge in [-0.3, -0.25) is 9.59 Å². The Bertz CT molecular complexity index is 856. The van der Waals surface area contributed by atoms with Gasteiger partial charge in [0.15, 0.2) is 11.5 Å². The molecular formula is C25H31NO4. The van der Waals surface area contributed by atoms with E-state index in [1.807, 2.05) is 6.07 Å². The number of hydrogen-bond acceptors (Lipinski definition) is 5. The average Bonchev–Trinajstić information content (AvgIpc) is 2.76. The number of hydrogen-bond donors (Lipinski definition) is 2. The lowest BCUT2D eigenvalue weighted by Gasteiger charge is -2.18. The molecule has 0 aliphatic heterocycles. The van der Waals surface area contributed by atoms with Crippen LogP contribution in [0.1, 0.15) is 82.3 Å². The molecule has 0 fully saturated rings. The minimum absolute atomic E-state index is 0.0176. The number of unbranched alkanes of at least 4 members (excludes halogenated alkanes) is 8. The summed E-state index contributed by atoms with van der Waals surface area (Å²) in [7, 11) is 0.